The molecule has 182 valence electrons. The summed E-state index contributed by atoms with van der Waals surface area (Å²) in [6.45, 7) is 1.83. The predicted molar refractivity (Wildman–Crippen MR) is 132 cm³/mol. The summed E-state index contributed by atoms with van der Waals surface area (Å²) in [5.74, 6) is -1.68. The third-order valence-electron chi connectivity index (χ3n) is 6.73. The minimum absolute atomic E-state index is 0.0458. The van der Waals surface area contributed by atoms with Gasteiger partial charge in [-0.15, -0.1) is 0 Å². The Labute approximate surface area is 204 Å². The molecule has 36 heavy (non-hydrogen) atoms. The molecule has 1 amide bonds. The van der Waals surface area contributed by atoms with E-state index in [1.165, 1.54) is 41.8 Å². The van der Waals surface area contributed by atoms with Gasteiger partial charge in [0.15, 0.2) is 5.78 Å². The summed E-state index contributed by atoms with van der Waals surface area (Å²) in [4.78, 5) is 66.3. The van der Waals surface area contributed by atoms with Crippen molar-refractivity contribution in [1.82, 2.24) is 9.13 Å². The first-order valence-electron chi connectivity index (χ1n) is 11.4. The fourth-order valence-electron chi connectivity index (χ4n) is 5.15. The number of fused-ring (bicyclic) bond motifs is 3. The number of carbonyl (C=O) groups is 2. The van der Waals surface area contributed by atoms with E-state index < -0.39 is 22.1 Å². The Kier molecular flexibility index (Phi) is 5.31. The number of benzene rings is 2. The van der Waals surface area contributed by atoms with Gasteiger partial charge in [0.1, 0.15) is 5.82 Å². The average molecular weight is 486 g/mol. The number of rotatable bonds is 4. The molecule has 0 bridgehead atoms. The number of hydrogen-bond acceptors (Lipinski definition) is 6. The van der Waals surface area contributed by atoms with E-state index in [1.807, 2.05) is 6.92 Å². The van der Waals surface area contributed by atoms with Crippen molar-refractivity contribution >= 4 is 28.9 Å². The zero-order valence-electron chi connectivity index (χ0n) is 19.8. The molecule has 1 aliphatic carbocycles. The number of Topliss-reactive ketones (excluding diaryl/α,β-unsaturated/α-hetero) is 1. The number of nitro benzene ring substituents is 1. The Morgan fingerprint density at radius 1 is 1.00 bits per heavy atom. The molecule has 1 aromatic heterocycles. The molecule has 10 heteroatoms. The molecular weight excluding hydrogens is 464 g/mol. The molecule has 0 fully saturated rings. The maximum atomic E-state index is 13.8. The fraction of sp³-hybridized carbons (Fsp3) is 0.231. The van der Waals surface area contributed by atoms with E-state index in [4.69, 9.17) is 0 Å². The molecule has 0 saturated heterocycles. The Hall–Kier alpha value is -4.60. The highest BCUT2D eigenvalue weighted by Crippen LogP contribution is 2.51. The van der Waals surface area contributed by atoms with E-state index in [0.29, 0.717) is 28.8 Å². The van der Waals surface area contributed by atoms with Gasteiger partial charge in [-0.25, -0.2) is 4.79 Å². The largest absolute Gasteiger partial charge is 0.332 e. The van der Waals surface area contributed by atoms with Crippen LogP contribution in [0.15, 0.2) is 63.7 Å². The lowest BCUT2D eigenvalue weighted by atomic mass is 9.80. The second kappa shape index (κ2) is 8.26. The van der Waals surface area contributed by atoms with Crippen molar-refractivity contribution in [3.05, 3.63) is 107 Å². The highest BCUT2D eigenvalue weighted by Gasteiger charge is 2.47. The molecule has 0 radical (unpaired) electrons. The minimum Gasteiger partial charge on any atom is -0.289 e. The average Bonchev–Trinajstić information content (AvgIpc) is 3.17. The van der Waals surface area contributed by atoms with Crippen molar-refractivity contribution < 1.29 is 14.5 Å². The summed E-state index contributed by atoms with van der Waals surface area (Å²) in [6, 6.07) is 12.6. The van der Waals surface area contributed by atoms with Gasteiger partial charge in [0, 0.05) is 55.3 Å². The lowest BCUT2D eigenvalue weighted by Gasteiger charge is -2.36. The smallest absolute Gasteiger partial charge is 0.289 e. The second-order valence-corrected chi connectivity index (χ2v) is 8.84. The lowest BCUT2D eigenvalue weighted by Crippen LogP contribution is -2.47. The zero-order chi connectivity index (χ0) is 25.9. The van der Waals surface area contributed by atoms with Crippen LogP contribution in [-0.4, -0.2) is 25.7 Å². The van der Waals surface area contributed by atoms with Crippen LogP contribution >= 0.6 is 0 Å². The normalized spacial score (nSPS) is 16.0. The number of ketones is 1. The van der Waals surface area contributed by atoms with Crippen molar-refractivity contribution in [3.63, 3.8) is 0 Å². The van der Waals surface area contributed by atoms with Gasteiger partial charge in [0.25, 0.3) is 11.2 Å². The molecule has 3 aromatic rings. The zero-order valence-corrected chi connectivity index (χ0v) is 19.8. The summed E-state index contributed by atoms with van der Waals surface area (Å²) >= 11 is 0. The van der Waals surface area contributed by atoms with Crippen LogP contribution in [0.5, 0.6) is 0 Å². The molecule has 2 heterocycles. The molecular formula is C26H22N4O6. The van der Waals surface area contributed by atoms with Gasteiger partial charge < -0.3 is 0 Å². The van der Waals surface area contributed by atoms with Crippen LogP contribution in [0, 0.1) is 10.1 Å². The lowest BCUT2D eigenvalue weighted by molar-refractivity contribution is -0.384. The third-order valence-corrected chi connectivity index (χ3v) is 6.73. The maximum Gasteiger partial charge on any atom is 0.332 e. The molecule has 5 rings (SSSR count). The first-order valence-corrected chi connectivity index (χ1v) is 11.4. The number of aromatic nitrogens is 2. The number of anilines is 1. The Balaban J connectivity index is 1.96. The second-order valence-electron chi connectivity index (χ2n) is 8.84. The van der Waals surface area contributed by atoms with E-state index in [9.17, 15) is 29.3 Å². The molecule has 10 nitrogen and oxygen atoms in total. The number of amides is 1. The molecule has 1 unspecified atom stereocenters. The van der Waals surface area contributed by atoms with Crippen LogP contribution in [-0.2, 0) is 18.9 Å². The summed E-state index contributed by atoms with van der Waals surface area (Å²) in [7, 11) is 2.79. The highest BCUT2D eigenvalue weighted by atomic mass is 16.6. The number of nitro groups is 1. The maximum absolute atomic E-state index is 13.8. The van der Waals surface area contributed by atoms with Crippen LogP contribution < -0.4 is 16.1 Å². The van der Waals surface area contributed by atoms with E-state index in [0.717, 1.165) is 4.57 Å². The molecule has 0 N–H and O–H groups in total. The van der Waals surface area contributed by atoms with E-state index in [1.54, 1.807) is 30.3 Å². The molecule has 0 saturated carbocycles. The van der Waals surface area contributed by atoms with Crippen LogP contribution in [0.4, 0.5) is 11.5 Å². The number of carbonyl (C=O) groups excluding carboxylic acids is 2. The van der Waals surface area contributed by atoms with Crippen LogP contribution in [0.1, 0.15) is 52.7 Å². The van der Waals surface area contributed by atoms with Crippen molar-refractivity contribution in [2.24, 2.45) is 14.1 Å². The van der Waals surface area contributed by atoms with Gasteiger partial charge in [-0.2, -0.15) is 0 Å². The van der Waals surface area contributed by atoms with Crippen molar-refractivity contribution in [1.29, 1.82) is 0 Å². The molecule has 0 spiro atoms. The molecule has 1 atom stereocenters. The summed E-state index contributed by atoms with van der Waals surface area (Å²) in [5.41, 5.74) is 0.248. The first-order chi connectivity index (χ1) is 17.2. The van der Waals surface area contributed by atoms with Crippen LogP contribution in [0.25, 0.3) is 5.70 Å². The number of hydrogen-bond donors (Lipinski definition) is 0. The fourth-order valence-corrected chi connectivity index (χ4v) is 5.15. The third kappa shape index (κ3) is 3.10. The van der Waals surface area contributed by atoms with Gasteiger partial charge in [0.2, 0.25) is 5.91 Å². The Morgan fingerprint density at radius 2 is 1.69 bits per heavy atom. The van der Waals surface area contributed by atoms with Gasteiger partial charge >= 0.3 is 5.69 Å². The highest BCUT2D eigenvalue weighted by molar-refractivity contribution is 6.27. The monoisotopic (exact) mass is 486 g/mol. The molecule has 2 aromatic carbocycles. The topological polar surface area (TPSA) is 125 Å². The van der Waals surface area contributed by atoms with Gasteiger partial charge in [0.05, 0.1) is 16.2 Å². The molecule has 2 aliphatic rings. The van der Waals surface area contributed by atoms with Crippen LogP contribution in [0.2, 0.25) is 0 Å². The van der Waals surface area contributed by atoms with Gasteiger partial charge in [-0.3, -0.25) is 38.5 Å². The van der Waals surface area contributed by atoms with E-state index in [2.05, 4.69) is 0 Å². The first kappa shape index (κ1) is 23.2. The predicted octanol–water partition coefficient (Wildman–Crippen LogP) is 2.88. The van der Waals surface area contributed by atoms with Gasteiger partial charge in [-0.05, 0) is 12.0 Å². The van der Waals surface area contributed by atoms with Crippen molar-refractivity contribution in [2.45, 2.75) is 25.7 Å². The van der Waals surface area contributed by atoms with Gasteiger partial charge in [-0.1, -0.05) is 43.3 Å². The quantitative estimate of drug-likeness (QED) is 0.413. The molecule has 1 aliphatic heterocycles. The van der Waals surface area contributed by atoms with E-state index in [-0.39, 0.29) is 40.8 Å². The number of non-ortho nitro benzene ring substituents is 1. The standard InChI is InChI=1S/C26H22N4O6/c1-4-8-18(31)29-22-16-11-5-6-12-17(16)23(32)20(22)19(14-9-7-10-15(13-14)30(35)36)21-24(29)27(2)26(34)28(3)25(21)33/h5-7,9-13,19H,4,8H2,1-3H3. The SMILES string of the molecule is CCCC(=O)N1C2=C(C(=O)c3ccccc32)C(c2cccc([N+](=O)[O-])c2)c2c1n(C)c(=O)n(C)c2=O. The minimum atomic E-state index is -1.02. The van der Waals surface area contributed by atoms with E-state index >= 15 is 0 Å². The Bertz CT molecular complexity index is 1640. The number of allylic oxidation sites excluding steroid dienone is 1. The summed E-state index contributed by atoms with van der Waals surface area (Å²) < 4.78 is 2.15. The summed E-state index contributed by atoms with van der Waals surface area (Å²) in [6.07, 6.45) is 0.632. The van der Waals surface area contributed by atoms with Crippen molar-refractivity contribution in [2.75, 3.05) is 4.90 Å². The Morgan fingerprint density at radius 3 is 2.36 bits per heavy atom. The summed E-state index contributed by atoms with van der Waals surface area (Å²) in [5, 5.41) is 11.5. The van der Waals surface area contributed by atoms with Crippen LogP contribution in [0.3, 0.4) is 0 Å². The number of nitrogens with zero attached hydrogens (tertiary/aromatic N) is 4. The van der Waals surface area contributed by atoms with Crippen molar-refractivity contribution in [3.8, 4) is 0 Å².